The Balaban J connectivity index is 1.54. The van der Waals surface area contributed by atoms with Crippen LogP contribution in [0.25, 0.3) is 10.8 Å². The third-order valence-corrected chi connectivity index (χ3v) is 8.93. The molecule has 0 spiro atoms. The largest absolute Gasteiger partial charge is 0.497 e. The fraction of sp³-hybridized carbons (Fsp3) is 0.304. The highest BCUT2D eigenvalue weighted by molar-refractivity contribution is 7.92. The average Bonchev–Trinajstić information content (AvgIpc) is 3.09. The number of nitrogens with one attached hydrogen (secondary N) is 1. The zero-order chi connectivity index (χ0) is 22.8. The maximum Gasteiger partial charge on any atom is 0.261 e. The SMILES string of the molecule is COc1ccc2cc(S(=O)(=O)Nc3ccc(S(=O)(=O)N4CCCCCC4)cc3)ccc2c1. The van der Waals surface area contributed by atoms with E-state index < -0.39 is 20.0 Å². The van der Waals surface area contributed by atoms with E-state index >= 15 is 0 Å². The lowest BCUT2D eigenvalue weighted by Crippen LogP contribution is -2.31. The fourth-order valence-electron chi connectivity index (χ4n) is 3.84. The molecule has 4 rings (SSSR count). The number of benzene rings is 3. The predicted octanol–water partition coefficient (Wildman–Crippen LogP) is 4.21. The van der Waals surface area contributed by atoms with E-state index in [0.717, 1.165) is 36.5 Å². The number of hydrogen-bond acceptors (Lipinski definition) is 5. The molecule has 0 amide bonds. The van der Waals surface area contributed by atoms with Crippen LogP contribution < -0.4 is 9.46 Å². The summed E-state index contributed by atoms with van der Waals surface area (Å²) in [5.74, 6) is 0.696. The molecular formula is C23H26N2O5S2. The van der Waals surface area contributed by atoms with Crippen molar-refractivity contribution in [1.29, 1.82) is 0 Å². The molecule has 3 aromatic carbocycles. The van der Waals surface area contributed by atoms with Crippen LogP contribution in [0.2, 0.25) is 0 Å². The van der Waals surface area contributed by atoms with Crippen molar-refractivity contribution >= 4 is 36.5 Å². The molecular weight excluding hydrogens is 448 g/mol. The maximum absolute atomic E-state index is 12.9. The van der Waals surface area contributed by atoms with Gasteiger partial charge in [-0.15, -0.1) is 0 Å². The van der Waals surface area contributed by atoms with E-state index in [1.54, 1.807) is 31.4 Å². The molecule has 0 radical (unpaired) electrons. The molecule has 7 nitrogen and oxygen atoms in total. The van der Waals surface area contributed by atoms with Crippen LogP contribution >= 0.6 is 0 Å². The van der Waals surface area contributed by atoms with Crippen LogP contribution in [-0.2, 0) is 20.0 Å². The molecule has 0 aromatic heterocycles. The molecule has 1 heterocycles. The van der Waals surface area contributed by atoms with Gasteiger partial charge in [-0.25, -0.2) is 16.8 Å². The Morgan fingerprint density at radius 3 is 2.00 bits per heavy atom. The summed E-state index contributed by atoms with van der Waals surface area (Å²) in [4.78, 5) is 0.290. The molecule has 3 aromatic rings. The smallest absolute Gasteiger partial charge is 0.261 e. The van der Waals surface area contributed by atoms with Crippen LogP contribution in [0.15, 0.2) is 70.5 Å². The Morgan fingerprint density at radius 1 is 0.750 bits per heavy atom. The van der Waals surface area contributed by atoms with Crippen molar-refractivity contribution in [1.82, 2.24) is 4.31 Å². The zero-order valence-corrected chi connectivity index (χ0v) is 19.5. The summed E-state index contributed by atoms with van der Waals surface area (Å²) in [6.07, 6.45) is 3.79. The molecule has 0 atom stereocenters. The van der Waals surface area contributed by atoms with Gasteiger partial charge in [0.05, 0.1) is 16.9 Å². The lowest BCUT2D eigenvalue weighted by molar-refractivity contribution is 0.415. The molecule has 170 valence electrons. The third-order valence-electron chi connectivity index (χ3n) is 5.64. The van der Waals surface area contributed by atoms with Gasteiger partial charge >= 0.3 is 0 Å². The standard InChI is InChI=1S/C23H26N2O5S2/c1-30-21-10-6-19-17-23(11-7-18(19)16-21)31(26,27)24-20-8-12-22(13-9-20)32(28,29)25-14-4-2-3-5-15-25/h6-13,16-17,24H,2-5,14-15H2,1H3. The third kappa shape index (κ3) is 4.74. The van der Waals surface area contributed by atoms with Gasteiger partial charge in [-0.3, -0.25) is 4.72 Å². The van der Waals surface area contributed by atoms with Crippen LogP contribution in [0, 0.1) is 0 Å². The topological polar surface area (TPSA) is 92.8 Å². The van der Waals surface area contributed by atoms with E-state index in [9.17, 15) is 16.8 Å². The second-order valence-electron chi connectivity index (χ2n) is 7.82. The van der Waals surface area contributed by atoms with Crippen LogP contribution in [-0.4, -0.2) is 41.3 Å². The second kappa shape index (κ2) is 9.09. The molecule has 1 saturated heterocycles. The number of hydrogen-bond donors (Lipinski definition) is 1. The lowest BCUT2D eigenvalue weighted by atomic mass is 10.1. The summed E-state index contributed by atoms with van der Waals surface area (Å²) in [7, 11) is -5.84. The van der Waals surface area contributed by atoms with E-state index in [0.29, 0.717) is 24.5 Å². The van der Waals surface area contributed by atoms with Crippen LogP contribution in [0.3, 0.4) is 0 Å². The minimum atomic E-state index is -3.84. The first kappa shape index (κ1) is 22.6. The molecule has 1 fully saturated rings. The number of rotatable bonds is 6. The molecule has 1 aliphatic heterocycles. The Hall–Kier alpha value is -2.62. The Kier molecular flexibility index (Phi) is 6.41. The molecule has 0 saturated carbocycles. The van der Waals surface area contributed by atoms with Crippen molar-refractivity contribution in [3.05, 3.63) is 60.7 Å². The molecule has 0 unspecified atom stereocenters. The minimum absolute atomic E-state index is 0.122. The highest BCUT2D eigenvalue weighted by atomic mass is 32.2. The molecule has 0 bridgehead atoms. The number of ether oxygens (including phenoxy) is 1. The van der Waals surface area contributed by atoms with Gasteiger partial charge in [-0.2, -0.15) is 4.31 Å². The van der Waals surface area contributed by atoms with Crippen molar-refractivity contribution in [2.45, 2.75) is 35.5 Å². The molecule has 32 heavy (non-hydrogen) atoms. The van der Waals surface area contributed by atoms with Crippen molar-refractivity contribution in [2.24, 2.45) is 0 Å². The van der Waals surface area contributed by atoms with E-state index in [1.165, 1.54) is 34.6 Å². The van der Waals surface area contributed by atoms with Gasteiger partial charge in [-0.1, -0.05) is 25.0 Å². The highest BCUT2D eigenvalue weighted by Gasteiger charge is 2.25. The monoisotopic (exact) mass is 474 g/mol. The first-order chi connectivity index (χ1) is 15.3. The number of sulfonamides is 2. The van der Waals surface area contributed by atoms with Gasteiger partial charge in [0.25, 0.3) is 10.0 Å². The second-order valence-corrected chi connectivity index (χ2v) is 11.4. The summed E-state index contributed by atoms with van der Waals surface area (Å²) in [5.41, 5.74) is 0.301. The molecule has 0 aliphatic carbocycles. The summed E-state index contributed by atoms with van der Waals surface area (Å²) in [6, 6.07) is 16.1. The van der Waals surface area contributed by atoms with Gasteiger partial charge in [0.15, 0.2) is 0 Å². The summed E-state index contributed by atoms with van der Waals surface area (Å²) in [6.45, 7) is 1.04. The van der Waals surface area contributed by atoms with Gasteiger partial charge in [0, 0.05) is 18.8 Å². The summed E-state index contributed by atoms with van der Waals surface area (Å²) < 4.78 is 60.8. The fourth-order valence-corrected chi connectivity index (χ4v) is 6.45. The first-order valence-electron chi connectivity index (χ1n) is 10.5. The number of methoxy groups -OCH3 is 1. The lowest BCUT2D eigenvalue weighted by Gasteiger charge is -2.20. The van der Waals surface area contributed by atoms with Crippen molar-refractivity contribution < 1.29 is 21.6 Å². The van der Waals surface area contributed by atoms with E-state index in [4.69, 9.17) is 4.74 Å². The van der Waals surface area contributed by atoms with Gasteiger partial charge in [-0.05, 0) is 72.1 Å². The van der Waals surface area contributed by atoms with E-state index in [1.807, 2.05) is 6.07 Å². The Labute approximate surface area is 189 Å². The Morgan fingerprint density at radius 2 is 1.34 bits per heavy atom. The van der Waals surface area contributed by atoms with Crippen LogP contribution in [0.5, 0.6) is 5.75 Å². The normalized spacial score (nSPS) is 15.9. The van der Waals surface area contributed by atoms with Gasteiger partial charge in [0.1, 0.15) is 5.75 Å². The van der Waals surface area contributed by atoms with E-state index in [-0.39, 0.29) is 9.79 Å². The first-order valence-corrected chi connectivity index (χ1v) is 13.4. The summed E-state index contributed by atoms with van der Waals surface area (Å²) in [5, 5.41) is 1.64. The maximum atomic E-state index is 12.9. The number of fused-ring (bicyclic) bond motifs is 1. The average molecular weight is 475 g/mol. The van der Waals surface area contributed by atoms with Crippen LogP contribution in [0.4, 0.5) is 5.69 Å². The van der Waals surface area contributed by atoms with Crippen molar-refractivity contribution in [2.75, 3.05) is 24.9 Å². The van der Waals surface area contributed by atoms with Crippen LogP contribution in [0.1, 0.15) is 25.7 Å². The Bertz CT molecular complexity index is 1310. The molecule has 9 heteroatoms. The number of nitrogens with zero attached hydrogens (tertiary/aromatic N) is 1. The number of anilines is 1. The minimum Gasteiger partial charge on any atom is -0.497 e. The van der Waals surface area contributed by atoms with Gasteiger partial charge in [0.2, 0.25) is 10.0 Å². The van der Waals surface area contributed by atoms with Gasteiger partial charge < -0.3 is 4.74 Å². The quantitative estimate of drug-likeness (QED) is 0.578. The zero-order valence-electron chi connectivity index (χ0n) is 17.8. The summed E-state index contributed by atoms with van der Waals surface area (Å²) >= 11 is 0. The highest BCUT2D eigenvalue weighted by Crippen LogP contribution is 2.26. The van der Waals surface area contributed by atoms with E-state index in [2.05, 4.69) is 4.72 Å². The van der Waals surface area contributed by atoms with Crippen molar-refractivity contribution in [3.8, 4) is 5.75 Å². The van der Waals surface area contributed by atoms with Crippen molar-refractivity contribution in [3.63, 3.8) is 0 Å². The molecule has 1 aliphatic rings. The molecule has 1 N–H and O–H groups in total. The predicted molar refractivity (Wildman–Crippen MR) is 125 cm³/mol.